The van der Waals surface area contributed by atoms with Gasteiger partial charge in [0.1, 0.15) is 0 Å². The SMILES string of the molecule is Cc1ccc(-n2cc(C(=O)O)cn2)nn1. The molecule has 0 radical (unpaired) electrons. The van der Waals surface area contributed by atoms with Gasteiger partial charge in [-0.25, -0.2) is 9.48 Å². The van der Waals surface area contributed by atoms with Crippen molar-refractivity contribution in [1.82, 2.24) is 20.0 Å². The summed E-state index contributed by atoms with van der Waals surface area (Å²) in [4.78, 5) is 10.6. The molecule has 0 spiro atoms. The maximum Gasteiger partial charge on any atom is 0.338 e. The standard InChI is InChI=1S/C9H8N4O2/c1-6-2-3-8(12-11-6)13-5-7(4-10-13)9(14)15/h2-5H,1H3,(H,14,15). The average molecular weight is 204 g/mol. The van der Waals surface area contributed by atoms with Gasteiger partial charge in [0.25, 0.3) is 0 Å². The van der Waals surface area contributed by atoms with Crippen LogP contribution in [0.3, 0.4) is 0 Å². The van der Waals surface area contributed by atoms with Crippen LogP contribution in [0, 0.1) is 6.92 Å². The van der Waals surface area contributed by atoms with E-state index in [1.807, 2.05) is 6.92 Å². The topological polar surface area (TPSA) is 80.9 Å². The van der Waals surface area contributed by atoms with Gasteiger partial charge in [-0.1, -0.05) is 0 Å². The number of carbonyl (C=O) groups is 1. The van der Waals surface area contributed by atoms with Gasteiger partial charge >= 0.3 is 5.97 Å². The van der Waals surface area contributed by atoms with Crippen molar-refractivity contribution in [2.75, 3.05) is 0 Å². The Bertz CT molecular complexity index is 489. The Kier molecular flexibility index (Phi) is 2.17. The zero-order chi connectivity index (χ0) is 10.8. The van der Waals surface area contributed by atoms with E-state index >= 15 is 0 Å². The first kappa shape index (κ1) is 9.32. The van der Waals surface area contributed by atoms with Crippen LogP contribution in [0.1, 0.15) is 16.1 Å². The number of hydrogen-bond acceptors (Lipinski definition) is 4. The van der Waals surface area contributed by atoms with Crippen molar-refractivity contribution in [1.29, 1.82) is 0 Å². The molecule has 76 valence electrons. The third-order valence-corrected chi connectivity index (χ3v) is 1.85. The largest absolute Gasteiger partial charge is 0.478 e. The van der Waals surface area contributed by atoms with E-state index in [0.717, 1.165) is 5.69 Å². The van der Waals surface area contributed by atoms with Gasteiger partial charge in [0.15, 0.2) is 5.82 Å². The van der Waals surface area contributed by atoms with Gasteiger partial charge in [-0.05, 0) is 19.1 Å². The summed E-state index contributed by atoms with van der Waals surface area (Å²) in [6.07, 6.45) is 2.66. The molecule has 0 aliphatic carbocycles. The predicted molar refractivity (Wildman–Crippen MR) is 50.9 cm³/mol. The monoisotopic (exact) mass is 204 g/mol. The summed E-state index contributed by atoms with van der Waals surface area (Å²) < 4.78 is 1.37. The highest BCUT2D eigenvalue weighted by molar-refractivity contribution is 5.86. The van der Waals surface area contributed by atoms with Crippen LogP contribution in [0.15, 0.2) is 24.5 Å². The van der Waals surface area contributed by atoms with Gasteiger partial charge in [-0.15, -0.1) is 5.10 Å². The molecule has 0 unspecified atom stereocenters. The molecule has 2 rings (SSSR count). The summed E-state index contributed by atoms with van der Waals surface area (Å²) in [5, 5.41) is 20.3. The maximum atomic E-state index is 10.6. The molecular weight excluding hydrogens is 196 g/mol. The van der Waals surface area contributed by atoms with Crippen LogP contribution in [0.25, 0.3) is 5.82 Å². The second kappa shape index (κ2) is 3.49. The highest BCUT2D eigenvalue weighted by atomic mass is 16.4. The lowest BCUT2D eigenvalue weighted by Gasteiger charge is -1.97. The quantitative estimate of drug-likeness (QED) is 0.777. The summed E-state index contributed by atoms with van der Waals surface area (Å²) in [5.41, 5.74) is 0.918. The van der Waals surface area contributed by atoms with Gasteiger partial charge in [0, 0.05) is 6.20 Å². The lowest BCUT2D eigenvalue weighted by atomic mass is 10.4. The molecule has 0 bridgehead atoms. The van der Waals surface area contributed by atoms with Crippen molar-refractivity contribution in [3.05, 3.63) is 35.8 Å². The second-order valence-electron chi connectivity index (χ2n) is 3.01. The minimum Gasteiger partial charge on any atom is -0.478 e. The number of nitrogens with zero attached hydrogens (tertiary/aromatic N) is 4. The van der Waals surface area contributed by atoms with E-state index < -0.39 is 5.97 Å². The molecule has 0 aliphatic heterocycles. The molecule has 0 fully saturated rings. The number of aryl methyl sites for hydroxylation is 1. The van der Waals surface area contributed by atoms with Crippen molar-refractivity contribution in [3.8, 4) is 5.82 Å². The smallest absolute Gasteiger partial charge is 0.338 e. The van der Waals surface area contributed by atoms with Crippen LogP contribution in [0.5, 0.6) is 0 Å². The highest BCUT2D eigenvalue weighted by Gasteiger charge is 2.07. The van der Waals surface area contributed by atoms with Crippen molar-refractivity contribution in [2.45, 2.75) is 6.92 Å². The molecule has 2 aromatic heterocycles. The molecule has 1 N–H and O–H groups in total. The van der Waals surface area contributed by atoms with Crippen LogP contribution < -0.4 is 0 Å². The zero-order valence-corrected chi connectivity index (χ0v) is 7.95. The van der Waals surface area contributed by atoms with E-state index in [4.69, 9.17) is 5.11 Å². The number of aromatic nitrogens is 4. The first-order valence-corrected chi connectivity index (χ1v) is 4.25. The Morgan fingerprint density at radius 2 is 2.20 bits per heavy atom. The lowest BCUT2D eigenvalue weighted by Crippen LogP contribution is -2.00. The molecule has 0 amide bonds. The molecule has 0 saturated carbocycles. The molecule has 0 aromatic carbocycles. The van der Waals surface area contributed by atoms with E-state index in [1.165, 1.54) is 17.1 Å². The van der Waals surface area contributed by atoms with Crippen LogP contribution in [0.4, 0.5) is 0 Å². The van der Waals surface area contributed by atoms with Crippen molar-refractivity contribution >= 4 is 5.97 Å². The van der Waals surface area contributed by atoms with Crippen LogP contribution in [-0.2, 0) is 0 Å². The Morgan fingerprint density at radius 3 is 2.73 bits per heavy atom. The fourth-order valence-electron chi connectivity index (χ4n) is 1.07. The van der Waals surface area contributed by atoms with E-state index in [9.17, 15) is 4.79 Å². The van der Waals surface area contributed by atoms with Crippen LogP contribution >= 0.6 is 0 Å². The number of carboxylic acid groups (broad SMARTS) is 1. The van der Waals surface area contributed by atoms with E-state index in [0.29, 0.717) is 5.82 Å². The summed E-state index contributed by atoms with van der Waals surface area (Å²) in [6, 6.07) is 3.51. The third kappa shape index (κ3) is 1.83. The maximum absolute atomic E-state index is 10.6. The van der Waals surface area contributed by atoms with E-state index in [1.54, 1.807) is 12.1 Å². The Hall–Kier alpha value is -2.24. The minimum atomic E-state index is -1.01. The molecule has 0 saturated heterocycles. The van der Waals surface area contributed by atoms with Crippen molar-refractivity contribution in [2.24, 2.45) is 0 Å². The molecule has 2 heterocycles. The second-order valence-corrected chi connectivity index (χ2v) is 3.01. The van der Waals surface area contributed by atoms with Crippen LogP contribution in [0.2, 0.25) is 0 Å². The Balaban J connectivity index is 2.37. The van der Waals surface area contributed by atoms with Gasteiger partial charge in [0.2, 0.25) is 0 Å². The van der Waals surface area contributed by atoms with Gasteiger partial charge in [0.05, 0.1) is 17.5 Å². The molecule has 0 atom stereocenters. The predicted octanol–water partition coefficient (Wildman–Crippen LogP) is 0.669. The Labute approximate surface area is 85.2 Å². The summed E-state index contributed by atoms with van der Waals surface area (Å²) >= 11 is 0. The summed E-state index contributed by atoms with van der Waals surface area (Å²) in [7, 11) is 0. The van der Waals surface area contributed by atoms with Crippen LogP contribution in [-0.4, -0.2) is 31.1 Å². The fourth-order valence-corrected chi connectivity index (χ4v) is 1.07. The Morgan fingerprint density at radius 1 is 1.40 bits per heavy atom. The molecular formula is C9H8N4O2. The third-order valence-electron chi connectivity index (χ3n) is 1.85. The number of rotatable bonds is 2. The highest BCUT2D eigenvalue weighted by Crippen LogP contribution is 2.04. The number of aromatic carboxylic acids is 1. The van der Waals surface area contributed by atoms with E-state index in [2.05, 4.69) is 15.3 Å². The van der Waals surface area contributed by atoms with Gasteiger partial charge in [-0.3, -0.25) is 0 Å². The fraction of sp³-hybridized carbons (Fsp3) is 0.111. The zero-order valence-electron chi connectivity index (χ0n) is 7.95. The molecule has 6 heteroatoms. The van der Waals surface area contributed by atoms with Crippen molar-refractivity contribution < 1.29 is 9.90 Å². The van der Waals surface area contributed by atoms with Crippen molar-refractivity contribution in [3.63, 3.8) is 0 Å². The molecule has 15 heavy (non-hydrogen) atoms. The first-order valence-electron chi connectivity index (χ1n) is 4.25. The number of hydrogen-bond donors (Lipinski definition) is 1. The van der Waals surface area contributed by atoms with E-state index in [-0.39, 0.29) is 5.56 Å². The average Bonchev–Trinajstić information content (AvgIpc) is 2.68. The normalized spacial score (nSPS) is 10.2. The summed E-state index contributed by atoms with van der Waals surface area (Å²) in [5.74, 6) is -0.519. The first-order chi connectivity index (χ1) is 7.16. The lowest BCUT2D eigenvalue weighted by molar-refractivity contribution is 0.0697. The number of carboxylic acids is 1. The molecule has 2 aromatic rings. The molecule has 6 nitrogen and oxygen atoms in total. The summed E-state index contributed by atoms with van der Waals surface area (Å²) in [6.45, 7) is 1.82. The molecule has 0 aliphatic rings. The van der Waals surface area contributed by atoms with Gasteiger partial charge < -0.3 is 5.11 Å². The van der Waals surface area contributed by atoms with Gasteiger partial charge in [-0.2, -0.15) is 10.2 Å². The minimum absolute atomic E-state index is 0.123.